The van der Waals surface area contributed by atoms with Crippen molar-refractivity contribution in [3.05, 3.63) is 64.7 Å². The number of benzene rings is 2. The monoisotopic (exact) mass is 374 g/mol. The predicted molar refractivity (Wildman–Crippen MR) is 106 cm³/mol. The highest BCUT2D eigenvalue weighted by molar-refractivity contribution is 7.92. The van der Waals surface area contributed by atoms with E-state index in [-0.39, 0.29) is 18.9 Å². The van der Waals surface area contributed by atoms with Crippen LogP contribution in [0.3, 0.4) is 0 Å². The lowest BCUT2D eigenvalue weighted by atomic mass is 10.1. The lowest BCUT2D eigenvalue weighted by Crippen LogP contribution is -2.35. The molecule has 1 N–H and O–H groups in total. The molecule has 0 aromatic heterocycles. The number of carbonyl (C=O) groups excluding carboxylic acids is 1. The van der Waals surface area contributed by atoms with Gasteiger partial charge in [-0.3, -0.25) is 9.10 Å². The van der Waals surface area contributed by atoms with Crippen LogP contribution in [0.25, 0.3) is 0 Å². The number of aryl methyl sites for hydroxylation is 3. The van der Waals surface area contributed by atoms with E-state index in [4.69, 9.17) is 0 Å². The van der Waals surface area contributed by atoms with Crippen molar-refractivity contribution >= 4 is 21.6 Å². The fourth-order valence-corrected chi connectivity index (χ4v) is 3.72. The van der Waals surface area contributed by atoms with Crippen LogP contribution in [0.15, 0.2) is 42.5 Å². The molecule has 1 amide bonds. The van der Waals surface area contributed by atoms with E-state index in [1.54, 1.807) is 0 Å². The third kappa shape index (κ3) is 5.33. The van der Waals surface area contributed by atoms with Gasteiger partial charge < -0.3 is 5.32 Å². The minimum atomic E-state index is -3.47. The molecule has 0 bridgehead atoms. The summed E-state index contributed by atoms with van der Waals surface area (Å²) in [5.74, 6) is -0.174. The summed E-state index contributed by atoms with van der Waals surface area (Å²) in [6, 6.07) is 13.5. The molecule has 0 aliphatic heterocycles. The molecule has 2 aromatic rings. The van der Waals surface area contributed by atoms with Gasteiger partial charge in [0, 0.05) is 19.5 Å². The maximum atomic E-state index is 12.2. The third-order valence-electron chi connectivity index (χ3n) is 4.31. The zero-order valence-electron chi connectivity index (χ0n) is 15.7. The number of amides is 1. The molecule has 2 rings (SSSR count). The summed E-state index contributed by atoms with van der Waals surface area (Å²) in [5, 5.41) is 2.86. The first-order chi connectivity index (χ1) is 12.2. The van der Waals surface area contributed by atoms with E-state index in [0.29, 0.717) is 12.2 Å². The molecule has 0 saturated carbocycles. The Bertz CT molecular complexity index is 892. The molecule has 0 saturated heterocycles. The lowest BCUT2D eigenvalue weighted by Gasteiger charge is -2.24. The maximum Gasteiger partial charge on any atom is 0.232 e. The number of carbonyl (C=O) groups is 1. The molecule has 140 valence electrons. The standard InChI is InChI=1S/C20H26N2O3S/c1-15-9-10-17(3)19(13-15)22(26(4,24)25)12-11-20(23)21-14-18-8-6-5-7-16(18)2/h5-10,13H,11-12,14H2,1-4H3,(H,21,23). The molecule has 0 unspecified atom stereocenters. The minimum absolute atomic E-state index is 0.104. The van der Waals surface area contributed by atoms with Crippen molar-refractivity contribution in [2.45, 2.75) is 33.7 Å². The fraction of sp³-hybridized carbons (Fsp3) is 0.350. The summed E-state index contributed by atoms with van der Waals surface area (Å²) in [5.41, 5.74) is 4.63. The average molecular weight is 375 g/mol. The first kappa shape index (κ1) is 20.0. The van der Waals surface area contributed by atoms with Gasteiger partial charge in [0.15, 0.2) is 0 Å². The van der Waals surface area contributed by atoms with E-state index in [1.807, 2.05) is 63.2 Å². The second kappa shape index (κ2) is 8.36. The maximum absolute atomic E-state index is 12.2. The smallest absolute Gasteiger partial charge is 0.232 e. The number of nitrogens with zero attached hydrogens (tertiary/aromatic N) is 1. The molecule has 0 atom stereocenters. The topological polar surface area (TPSA) is 66.5 Å². The minimum Gasteiger partial charge on any atom is -0.352 e. The van der Waals surface area contributed by atoms with Crippen LogP contribution in [-0.4, -0.2) is 27.1 Å². The van der Waals surface area contributed by atoms with Crippen molar-refractivity contribution in [3.8, 4) is 0 Å². The van der Waals surface area contributed by atoms with E-state index < -0.39 is 10.0 Å². The van der Waals surface area contributed by atoms with Gasteiger partial charge in [-0.15, -0.1) is 0 Å². The lowest BCUT2D eigenvalue weighted by molar-refractivity contribution is -0.121. The van der Waals surface area contributed by atoms with E-state index in [9.17, 15) is 13.2 Å². The first-order valence-corrected chi connectivity index (χ1v) is 10.4. The van der Waals surface area contributed by atoms with E-state index in [1.165, 1.54) is 10.6 Å². The van der Waals surface area contributed by atoms with Crippen molar-refractivity contribution in [2.24, 2.45) is 0 Å². The first-order valence-electron chi connectivity index (χ1n) is 8.54. The normalized spacial score (nSPS) is 11.2. The SMILES string of the molecule is Cc1ccc(C)c(N(CCC(=O)NCc2ccccc2C)S(C)(=O)=O)c1. The Morgan fingerprint density at radius 3 is 2.38 bits per heavy atom. The molecule has 0 heterocycles. The van der Waals surface area contributed by atoms with Crippen LogP contribution in [0.4, 0.5) is 5.69 Å². The zero-order chi connectivity index (χ0) is 19.3. The Labute approximate surface area is 156 Å². The second-order valence-corrected chi connectivity index (χ2v) is 8.49. The summed E-state index contributed by atoms with van der Waals surface area (Å²) in [6.45, 7) is 6.33. The van der Waals surface area contributed by atoms with Gasteiger partial charge in [-0.2, -0.15) is 0 Å². The quantitative estimate of drug-likeness (QED) is 0.810. The van der Waals surface area contributed by atoms with E-state index in [0.717, 1.165) is 22.3 Å². The number of hydrogen-bond acceptors (Lipinski definition) is 3. The number of anilines is 1. The number of rotatable bonds is 7. The Morgan fingerprint density at radius 1 is 1.04 bits per heavy atom. The van der Waals surface area contributed by atoms with Crippen molar-refractivity contribution in [3.63, 3.8) is 0 Å². The van der Waals surface area contributed by atoms with Crippen LogP contribution in [-0.2, 0) is 21.4 Å². The molecule has 0 aliphatic carbocycles. The van der Waals surface area contributed by atoms with Crippen LogP contribution in [0.2, 0.25) is 0 Å². The van der Waals surface area contributed by atoms with Gasteiger partial charge in [-0.05, 0) is 49.1 Å². The van der Waals surface area contributed by atoms with Crippen LogP contribution in [0.5, 0.6) is 0 Å². The Morgan fingerprint density at radius 2 is 1.73 bits per heavy atom. The highest BCUT2D eigenvalue weighted by Gasteiger charge is 2.20. The molecule has 0 spiro atoms. The number of hydrogen-bond donors (Lipinski definition) is 1. The molecular formula is C20H26N2O3S. The van der Waals surface area contributed by atoms with Crippen molar-refractivity contribution in [2.75, 3.05) is 17.1 Å². The largest absolute Gasteiger partial charge is 0.352 e. The summed E-state index contributed by atoms with van der Waals surface area (Å²) in [7, 11) is -3.47. The zero-order valence-corrected chi connectivity index (χ0v) is 16.6. The number of sulfonamides is 1. The van der Waals surface area contributed by atoms with Crippen LogP contribution in [0, 0.1) is 20.8 Å². The Kier molecular flexibility index (Phi) is 6.42. The highest BCUT2D eigenvalue weighted by atomic mass is 32.2. The highest BCUT2D eigenvalue weighted by Crippen LogP contribution is 2.24. The second-order valence-electron chi connectivity index (χ2n) is 6.58. The van der Waals surface area contributed by atoms with Gasteiger partial charge in [0.2, 0.25) is 15.9 Å². The molecule has 0 aliphatic rings. The predicted octanol–water partition coefficient (Wildman–Crippen LogP) is 3.08. The summed E-state index contributed by atoms with van der Waals surface area (Å²) < 4.78 is 25.8. The molecule has 0 radical (unpaired) electrons. The van der Waals surface area contributed by atoms with Crippen molar-refractivity contribution < 1.29 is 13.2 Å². The van der Waals surface area contributed by atoms with Crippen LogP contribution in [0.1, 0.15) is 28.7 Å². The summed E-state index contributed by atoms with van der Waals surface area (Å²) in [6.07, 6.45) is 1.27. The Balaban J connectivity index is 2.05. The van der Waals surface area contributed by atoms with Gasteiger partial charge in [-0.25, -0.2) is 8.42 Å². The molecule has 6 heteroatoms. The van der Waals surface area contributed by atoms with Gasteiger partial charge in [0.05, 0.1) is 11.9 Å². The molecule has 5 nitrogen and oxygen atoms in total. The van der Waals surface area contributed by atoms with E-state index in [2.05, 4.69) is 5.32 Å². The van der Waals surface area contributed by atoms with Crippen LogP contribution < -0.4 is 9.62 Å². The molecule has 2 aromatic carbocycles. The van der Waals surface area contributed by atoms with Crippen molar-refractivity contribution in [1.29, 1.82) is 0 Å². The molecule has 26 heavy (non-hydrogen) atoms. The number of nitrogens with one attached hydrogen (secondary N) is 1. The average Bonchev–Trinajstić information content (AvgIpc) is 2.56. The molecule has 0 fully saturated rings. The van der Waals surface area contributed by atoms with Gasteiger partial charge >= 0.3 is 0 Å². The van der Waals surface area contributed by atoms with Gasteiger partial charge in [0.1, 0.15) is 0 Å². The Hall–Kier alpha value is -2.34. The third-order valence-corrected chi connectivity index (χ3v) is 5.49. The van der Waals surface area contributed by atoms with Gasteiger partial charge in [0.25, 0.3) is 0 Å². The van der Waals surface area contributed by atoms with Crippen molar-refractivity contribution in [1.82, 2.24) is 5.32 Å². The molecular weight excluding hydrogens is 348 g/mol. The fourth-order valence-electron chi connectivity index (χ4n) is 2.75. The van der Waals surface area contributed by atoms with Gasteiger partial charge in [-0.1, -0.05) is 36.4 Å². The van der Waals surface area contributed by atoms with E-state index >= 15 is 0 Å². The summed E-state index contributed by atoms with van der Waals surface area (Å²) >= 11 is 0. The summed E-state index contributed by atoms with van der Waals surface area (Å²) in [4.78, 5) is 12.2. The van der Waals surface area contributed by atoms with Crippen LogP contribution >= 0.6 is 0 Å².